The average Bonchev–Trinajstić information content (AvgIpc) is 2.46. The molecule has 0 amide bonds. The Morgan fingerprint density at radius 1 is 1.50 bits per heavy atom. The van der Waals surface area contributed by atoms with Crippen molar-refractivity contribution in [3.05, 3.63) is 5.82 Å². The third-order valence-corrected chi connectivity index (χ3v) is 2.17. The number of nitrogens with zero attached hydrogens (tertiary/aromatic N) is 2. The zero-order valence-electron chi connectivity index (χ0n) is 8.15. The molecule has 0 aliphatic rings. The molecule has 0 spiro atoms. The van der Waals surface area contributed by atoms with Gasteiger partial charge in [-0.2, -0.15) is 4.98 Å². The predicted molar refractivity (Wildman–Crippen MR) is 51.6 cm³/mol. The lowest BCUT2D eigenvalue weighted by molar-refractivity contribution is 0.424. The van der Waals surface area contributed by atoms with Crippen LogP contribution in [0.1, 0.15) is 19.2 Å². The largest absolute Gasteiger partial charge is 0.338 e. The van der Waals surface area contributed by atoms with Crippen molar-refractivity contribution in [1.82, 2.24) is 10.1 Å². The number of nitrogens with one attached hydrogen (secondary N) is 1. The van der Waals surface area contributed by atoms with Crippen LogP contribution in [0.4, 0.5) is 6.01 Å². The lowest BCUT2D eigenvalue weighted by Crippen LogP contribution is -2.03. The van der Waals surface area contributed by atoms with E-state index in [0.717, 1.165) is 19.2 Å². The van der Waals surface area contributed by atoms with Crippen LogP contribution in [0.3, 0.4) is 0 Å². The van der Waals surface area contributed by atoms with Crippen LogP contribution in [-0.2, 0) is 15.6 Å². The van der Waals surface area contributed by atoms with E-state index < -0.39 is 9.84 Å². The highest BCUT2D eigenvalue weighted by Crippen LogP contribution is 2.05. The number of anilines is 1. The van der Waals surface area contributed by atoms with Crippen molar-refractivity contribution in [3.8, 4) is 0 Å². The van der Waals surface area contributed by atoms with Gasteiger partial charge in [0.2, 0.25) is 0 Å². The monoisotopic (exact) mass is 219 g/mol. The molecule has 1 aromatic rings. The summed E-state index contributed by atoms with van der Waals surface area (Å²) in [6.07, 6.45) is 2.06. The minimum Gasteiger partial charge on any atom is -0.338 e. The molecule has 0 saturated carbocycles. The maximum Gasteiger partial charge on any atom is 0.321 e. The Morgan fingerprint density at radius 2 is 2.21 bits per heavy atom. The number of aromatic nitrogens is 2. The molecule has 0 aromatic carbocycles. The van der Waals surface area contributed by atoms with Gasteiger partial charge in [-0.1, -0.05) is 12.1 Å². The molecule has 0 aliphatic heterocycles. The van der Waals surface area contributed by atoms with Crippen LogP contribution in [0.15, 0.2) is 4.52 Å². The first-order valence-corrected chi connectivity index (χ1v) is 6.31. The van der Waals surface area contributed by atoms with Gasteiger partial charge < -0.3 is 9.84 Å². The first-order valence-electron chi connectivity index (χ1n) is 4.25. The maximum absolute atomic E-state index is 10.9. The second-order valence-electron chi connectivity index (χ2n) is 3.01. The fraction of sp³-hybridized carbons (Fsp3) is 0.714. The van der Waals surface area contributed by atoms with Crippen molar-refractivity contribution >= 4 is 15.9 Å². The molecule has 1 N–H and O–H groups in total. The molecule has 0 aliphatic carbocycles. The van der Waals surface area contributed by atoms with Crippen LogP contribution in [0.25, 0.3) is 0 Å². The van der Waals surface area contributed by atoms with Crippen LogP contribution in [0.2, 0.25) is 0 Å². The minimum absolute atomic E-state index is 0.186. The van der Waals surface area contributed by atoms with Crippen molar-refractivity contribution in [3.63, 3.8) is 0 Å². The van der Waals surface area contributed by atoms with E-state index in [1.165, 1.54) is 0 Å². The van der Waals surface area contributed by atoms with E-state index >= 15 is 0 Å². The highest BCUT2D eigenvalue weighted by atomic mass is 32.2. The summed E-state index contributed by atoms with van der Waals surface area (Å²) in [4.78, 5) is 3.87. The Morgan fingerprint density at radius 3 is 2.79 bits per heavy atom. The molecule has 1 aromatic heterocycles. The van der Waals surface area contributed by atoms with Gasteiger partial charge in [-0.25, -0.2) is 8.42 Å². The summed E-state index contributed by atoms with van der Waals surface area (Å²) >= 11 is 0. The topological polar surface area (TPSA) is 85.1 Å². The van der Waals surface area contributed by atoms with Gasteiger partial charge in [0, 0.05) is 12.8 Å². The fourth-order valence-corrected chi connectivity index (χ4v) is 1.44. The van der Waals surface area contributed by atoms with Crippen LogP contribution in [0.5, 0.6) is 0 Å². The van der Waals surface area contributed by atoms with E-state index in [0.29, 0.717) is 0 Å². The van der Waals surface area contributed by atoms with Crippen molar-refractivity contribution < 1.29 is 12.9 Å². The first-order chi connectivity index (χ1) is 6.51. The Kier molecular flexibility index (Phi) is 3.45. The first kappa shape index (κ1) is 11.0. The van der Waals surface area contributed by atoms with Gasteiger partial charge >= 0.3 is 6.01 Å². The lowest BCUT2D eigenvalue weighted by atomic mass is 10.5. The van der Waals surface area contributed by atoms with Gasteiger partial charge in [0.05, 0.1) is 0 Å². The average molecular weight is 219 g/mol. The normalized spacial score (nSPS) is 11.6. The molecule has 7 heteroatoms. The zero-order valence-corrected chi connectivity index (χ0v) is 8.97. The predicted octanol–water partition coefficient (Wildman–Crippen LogP) is 0.436. The smallest absolute Gasteiger partial charge is 0.321 e. The minimum atomic E-state index is -3.10. The number of hydrogen-bond acceptors (Lipinski definition) is 6. The summed E-state index contributed by atoms with van der Waals surface area (Å²) in [6.45, 7) is 2.72. The number of hydrogen-bond donors (Lipinski definition) is 1. The highest BCUT2D eigenvalue weighted by molar-refractivity contribution is 7.89. The van der Waals surface area contributed by atoms with E-state index in [1.54, 1.807) is 0 Å². The van der Waals surface area contributed by atoms with Gasteiger partial charge in [-0.15, -0.1) is 0 Å². The van der Waals surface area contributed by atoms with Crippen molar-refractivity contribution in [2.24, 2.45) is 0 Å². The quantitative estimate of drug-likeness (QED) is 0.773. The molecule has 0 unspecified atom stereocenters. The second-order valence-corrected chi connectivity index (χ2v) is 5.15. The molecular formula is C7H13N3O3S. The zero-order chi connectivity index (χ0) is 10.6. The lowest BCUT2D eigenvalue weighted by Gasteiger charge is -1.93. The molecule has 0 bridgehead atoms. The van der Waals surface area contributed by atoms with Gasteiger partial charge in [-0.3, -0.25) is 0 Å². The van der Waals surface area contributed by atoms with Crippen molar-refractivity contribution in [1.29, 1.82) is 0 Å². The molecule has 0 fully saturated rings. The van der Waals surface area contributed by atoms with Crippen LogP contribution in [0, 0.1) is 0 Å². The van der Waals surface area contributed by atoms with Crippen molar-refractivity contribution in [2.45, 2.75) is 19.1 Å². The summed E-state index contributed by atoms with van der Waals surface area (Å²) in [6, 6.07) is 0.269. The van der Waals surface area contributed by atoms with Gasteiger partial charge in [0.15, 0.2) is 15.7 Å². The molecule has 80 valence electrons. The molecule has 6 nitrogen and oxygen atoms in total. The molecule has 0 atom stereocenters. The summed E-state index contributed by atoms with van der Waals surface area (Å²) in [7, 11) is -3.10. The molecule has 1 rings (SSSR count). The molecule has 0 radical (unpaired) electrons. The van der Waals surface area contributed by atoms with Crippen LogP contribution < -0.4 is 5.32 Å². The van der Waals surface area contributed by atoms with Gasteiger partial charge in [0.25, 0.3) is 0 Å². The Hall–Kier alpha value is -1.11. The standard InChI is InChI=1S/C7H13N3O3S/c1-3-4-8-7-9-6(10-13-7)5-14(2,11)12/h3-5H2,1-2H3,(H,8,9,10). The van der Waals surface area contributed by atoms with E-state index in [2.05, 4.69) is 15.5 Å². The van der Waals surface area contributed by atoms with E-state index in [-0.39, 0.29) is 17.6 Å². The van der Waals surface area contributed by atoms with Crippen molar-refractivity contribution in [2.75, 3.05) is 18.1 Å². The van der Waals surface area contributed by atoms with Crippen LogP contribution in [-0.4, -0.2) is 31.4 Å². The molecule has 1 heterocycles. The van der Waals surface area contributed by atoms with E-state index in [4.69, 9.17) is 4.52 Å². The van der Waals surface area contributed by atoms with Gasteiger partial charge in [0.1, 0.15) is 5.75 Å². The fourth-order valence-electron chi connectivity index (χ4n) is 0.851. The Bertz CT molecular complexity index is 385. The summed E-state index contributed by atoms with van der Waals surface area (Å²) in [5.41, 5.74) is 0. The Labute approximate surface area is 82.6 Å². The van der Waals surface area contributed by atoms with E-state index in [1.807, 2.05) is 6.92 Å². The second kappa shape index (κ2) is 4.41. The SMILES string of the molecule is CCCNc1nc(CS(C)(=O)=O)no1. The summed E-state index contributed by atoms with van der Waals surface area (Å²) in [5.74, 6) is -0.00397. The summed E-state index contributed by atoms with van der Waals surface area (Å²) < 4.78 is 26.5. The molecule has 14 heavy (non-hydrogen) atoms. The number of sulfone groups is 1. The Balaban J connectivity index is 2.59. The number of rotatable bonds is 5. The molecular weight excluding hydrogens is 206 g/mol. The maximum atomic E-state index is 10.9. The van der Waals surface area contributed by atoms with Gasteiger partial charge in [-0.05, 0) is 6.42 Å². The van der Waals surface area contributed by atoms with Crippen LogP contribution >= 0.6 is 0 Å². The summed E-state index contributed by atoms with van der Waals surface area (Å²) in [5, 5.41) is 6.39. The van der Waals surface area contributed by atoms with E-state index in [9.17, 15) is 8.42 Å². The third-order valence-electron chi connectivity index (χ3n) is 1.39. The third kappa shape index (κ3) is 3.73. The molecule has 0 saturated heterocycles. The highest BCUT2D eigenvalue weighted by Gasteiger charge is 2.11.